The molecule has 0 aromatic heterocycles. The fourth-order valence-corrected chi connectivity index (χ4v) is 2.03. The largest absolute Gasteiger partial charge is 0.497 e. The van der Waals surface area contributed by atoms with Crippen molar-refractivity contribution < 1.29 is 14.2 Å². The van der Waals surface area contributed by atoms with E-state index in [-0.39, 0.29) is 12.4 Å². The summed E-state index contributed by atoms with van der Waals surface area (Å²) in [5.41, 5.74) is 1.02. The molecule has 3 atom stereocenters. The van der Waals surface area contributed by atoms with E-state index in [0.29, 0.717) is 5.92 Å². The number of hydrogen-bond donors (Lipinski definition) is 0. The van der Waals surface area contributed by atoms with E-state index < -0.39 is 0 Å². The Kier molecular flexibility index (Phi) is 4.39. The molecule has 1 aliphatic heterocycles. The summed E-state index contributed by atoms with van der Waals surface area (Å²) in [6.07, 6.45) is 2.75. The molecule has 1 saturated heterocycles. The Labute approximate surface area is 108 Å². The van der Waals surface area contributed by atoms with Gasteiger partial charge in [0.15, 0.2) is 6.29 Å². The van der Waals surface area contributed by atoms with Crippen LogP contribution in [0.5, 0.6) is 5.75 Å². The van der Waals surface area contributed by atoms with Gasteiger partial charge in [0.2, 0.25) is 0 Å². The zero-order valence-corrected chi connectivity index (χ0v) is 11.0. The second-order valence-corrected chi connectivity index (χ2v) is 4.53. The summed E-state index contributed by atoms with van der Waals surface area (Å²) in [4.78, 5) is 0. The van der Waals surface area contributed by atoms with E-state index in [2.05, 4.69) is 13.5 Å². The molecule has 18 heavy (non-hydrogen) atoms. The third-order valence-electron chi connectivity index (χ3n) is 3.32. The zero-order chi connectivity index (χ0) is 13.0. The van der Waals surface area contributed by atoms with Gasteiger partial charge in [-0.05, 0) is 18.6 Å². The molecule has 3 heteroatoms. The molecule has 1 aliphatic rings. The summed E-state index contributed by atoms with van der Waals surface area (Å²) in [7, 11) is 1.66. The van der Waals surface area contributed by atoms with Gasteiger partial charge in [0.05, 0.1) is 19.8 Å². The molecule has 0 aliphatic carbocycles. The van der Waals surface area contributed by atoms with Gasteiger partial charge >= 0.3 is 0 Å². The average molecular weight is 248 g/mol. The standard InChI is InChI=1S/C15H20O3/c1-4-11(2)14-9-10-17-15(18-14)12-5-7-13(16-3)8-6-12/h4-8,11,14-15H,1,9-10H2,2-3H3/t11-,14+,15+/m0/s1. The molecule has 1 aromatic rings. The van der Waals surface area contributed by atoms with Crippen molar-refractivity contribution in [3.8, 4) is 5.75 Å². The highest BCUT2D eigenvalue weighted by Crippen LogP contribution is 2.30. The molecule has 0 unspecified atom stereocenters. The Morgan fingerprint density at radius 2 is 2.11 bits per heavy atom. The van der Waals surface area contributed by atoms with Crippen LogP contribution >= 0.6 is 0 Å². The van der Waals surface area contributed by atoms with Gasteiger partial charge in [0.1, 0.15) is 5.75 Å². The third-order valence-corrected chi connectivity index (χ3v) is 3.32. The zero-order valence-electron chi connectivity index (χ0n) is 11.0. The number of ether oxygens (including phenoxy) is 3. The van der Waals surface area contributed by atoms with Gasteiger partial charge in [0, 0.05) is 11.5 Å². The van der Waals surface area contributed by atoms with Crippen LogP contribution in [-0.4, -0.2) is 19.8 Å². The molecule has 98 valence electrons. The molecule has 0 N–H and O–H groups in total. The first kappa shape index (κ1) is 13.1. The van der Waals surface area contributed by atoms with E-state index >= 15 is 0 Å². The lowest BCUT2D eigenvalue weighted by Gasteiger charge is -2.32. The molecule has 1 heterocycles. The first-order valence-corrected chi connectivity index (χ1v) is 6.28. The molecule has 0 spiro atoms. The topological polar surface area (TPSA) is 27.7 Å². The second kappa shape index (κ2) is 6.03. The molecule has 3 nitrogen and oxygen atoms in total. The van der Waals surface area contributed by atoms with Crippen LogP contribution in [0.3, 0.4) is 0 Å². The van der Waals surface area contributed by atoms with Crippen molar-refractivity contribution in [3.05, 3.63) is 42.5 Å². The van der Waals surface area contributed by atoms with Crippen molar-refractivity contribution >= 4 is 0 Å². The van der Waals surface area contributed by atoms with Gasteiger partial charge in [-0.25, -0.2) is 0 Å². The first-order chi connectivity index (χ1) is 8.74. The summed E-state index contributed by atoms with van der Waals surface area (Å²) >= 11 is 0. The maximum atomic E-state index is 5.96. The minimum Gasteiger partial charge on any atom is -0.497 e. The average Bonchev–Trinajstić information content (AvgIpc) is 2.46. The molecule has 0 saturated carbocycles. The molecular weight excluding hydrogens is 228 g/mol. The van der Waals surface area contributed by atoms with Crippen molar-refractivity contribution in [3.63, 3.8) is 0 Å². The van der Waals surface area contributed by atoms with Crippen LogP contribution in [0.2, 0.25) is 0 Å². The molecule has 1 fully saturated rings. The van der Waals surface area contributed by atoms with Crippen molar-refractivity contribution in [2.45, 2.75) is 25.7 Å². The quantitative estimate of drug-likeness (QED) is 0.765. The first-order valence-electron chi connectivity index (χ1n) is 6.28. The van der Waals surface area contributed by atoms with Gasteiger partial charge in [-0.3, -0.25) is 0 Å². The fourth-order valence-electron chi connectivity index (χ4n) is 2.03. The van der Waals surface area contributed by atoms with E-state index in [1.54, 1.807) is 7.11 Å². The third kappa shape index (κ3) is 2.92. The molecule has 0 radical (unpaired) electrons. The van der Waals surface area contributed by atoms with Gasteiger partial charge < -0.3 is 14.2 Å². The maximum Gasteiger partial charge on any atom is 0.184 e. The Morgan fingerprint density at radius 1 is 1.39 bits per heavy atom. The van der Waals surface area contributed by atoms with Crippen molar-refractivity contribution in [2.75, 3.05) is 13.7 Å². The minimum atomic E-state index is -0.281. The lowest BCUT2D eigenvalue weighted by molar-refractivity contribution is -0.224. The van der Waals surface area contributed by atoms with Gasteiger partial charge in [-0.15, -0.1) is 6.58 Å². The minimum absolute atomic E-state index is 0.184. The number of benzene rings is 1. The number of hydrogen-bond acceptors (Lipinski definition) is 3. The van der Waals surface area contributed by atoms with Gasteiger partial charge in [0.25, 0.3) is 0 Å². The van der Waals surface area contributed by atoms with E-state index in [4.69, 9.17) is 14.2 Å². The maximum absolute atomic E-state index is 5.96. The van der Waals surface area contributed by atoms with Crippen molar-refractivity contribution in [1.29, 1.82) is 0 Å². The summed E-state index contributed by atoms with van der Waals surface area (Å²) < 4.78 is 16.8. The van der Waals surface area contributed by atoms with Crippen LogP contribution in [0.15, 0.2) is 36.9 Å². The lowest BCUT2D eigenvalue weighted by Crippen LogP contribution is -2.31. The number of rotatable bonds is 4. The monoisotopic (exact) mass is 248 g/mol. The van der Waals surface area contributed by atoms with Crippen molar-refractivity contribution in [2.24, 2.45) is 5.92 Å². The van der Waals surface area contributed by atoms with Crippen LogP contribution in [0.25, 0.3) is 0 Å². The Morgan fingerprint density at radius 3 is 2.72 bits per heavy atom. The Bertz CT molecular complexity index is 385. The normalized spacial score (nSPS) is 25.4. The van der Waals surface area contributed by atoms with E-state index in [9.17, 15) is 0 Å². The van der Waals surface area contributed by atoms with Crippen LogP contribution in [-0.2, 0) is 9.47 Å². The molecule has 0 amide bonds. The molecular formula is C15H20O3. The summed E-state index contributed by atoms with van der Waals surface area (Å²) in [6, 6.07) is 7.79. The van der Waals surface area contributed by atoms with Gasteiger partial charge in [-0.1, -0.05) is 25.1 Å². The van der Waals surface area contributed by atoms with Crippen LogP contribution < -0.4 is 4.74 Å². The highest BCUT2D eigenvalue weighted by molar-refractivity contribution is 5.27. The molecule has 0 bridgehead atoms. The van der Waals surface area contributed by atoms with Crippen molar-refractivity contribution in [1.82, 2.24) is 0 Å². The summed E-state index contributed by atoms with van der Waals surface area (Å²) in [6.45, 7) is 6.66. The Hall–Kier alpha value is -1.32. The predicted octanol–water partition coefficient (Wildman–Crippen LogP) is 3.32. The number of methoxy groups -OCH3 is 1. The lowest BCUT2D eigenvalue weighted by atomic mass is 10.0. The second-order valence-electron chi connectivity index (χ2n) is 4.53. The van der Waals surface area contributed by atoms with E-state index in [1.807, 2.05) is 30.3 Å². The van der Waals surface area contributed by atoms with Crippen LogP contribution in [0.1, 0.15) is 25.2 Å². The van der Waals surface area contributed by atoms with Crippen LogP contribution in [0, 0.1) is 5.92 Å². The molecule has 1 aromatic carbocycles. The fraction of sp³-hybridized carbons (Fsp3) is 0.467. The highest BCUT2D eigenvalue weighted by atomic mass is 16.7. The summed E-state index contributed by atoms with van der Waals surface area (Å²) in [5, 5.41) is 0. The smallest absolute Gasteiger partial charge is 0.184 e. The van der Waals surface area contributed by atoms with Crippen LogP contribution in [0.4, 0.5) is 0 Å². The predicted molar refractivity (Wildman–Crippen MR) is 70.5 cm³/mol. The van der Waals surface area contributed by atoms with E-state index in [0.717, 1.165) is 24.3 Å². The highest BCUT2D eigenvalue weighted by Gasteiger charge is 2.26. The SMILES string of the molecule is C=C[C@H](C)[C@H]1CCO[C@@H](c2ccc(OC)cc2)O1. The van der Waals surface area contributed by atoms with E-state index in [1.165, 1.54) is 0 Å². The Balaban J connectivity index is 2.05. The summed E-state index contributed by atoms with van der Waals surface area (Å²) in [5.74, 6) is 1.18. The molecule has 2 rings (SSSR count). The van der Waals surface area contributed by atoms with Gasteiger partial charge in [-0.2, -0.15) is 0 Å².